The van der Waals surface area contributed by atoms with Crippen molar-refractivity contribution in [3.63, 3.8) is 0 Å². The van der Waals surface area contributed by atoms with Gasteiger partial charge in [0.05, 0.1) is 17.5 Å². The zero-order chi connectivity index (χ0) is 18.1. The predicted octanol–water partition coefficient (Wildman–Crippen LogP) is 5.53. The van der Waals surface area contributed by atoms with Crippen LogP contribution in [0, 0.1) is 5.82 Å². The average molecular weight is 387 g/mol. The molecular formula is C19H12ClFN2O2S. The van der Waals surface area contributed by atoms with Crippen LogP contribution in [0.25, 0.3) is 10.2 Å². The topological polar surface area (TPSA) is 46.3 Å². The summed E-state index contributed by atoms with van der Waals surface area (Å²) in [6, 6.07) is 14.9. The third-order valence-electron chi connectivity index (χ3n) is 3.80. The summed E-state index contributed by atoms with van der Waals surface area (Å²) in [4.78, 5) is 18.9. The van der Waals surface area contributed by atoms with Crippen LogP contribution in [0.2, 0.25) is 5.02 Å². The second-order valence-corrected chi connectivity index (χ2v) is 7.01. The molecule has 0 saturated heterocycles. The molecule has 0 atom stereocenters. The first kappa shape index (κ1) is 16.8. The molecule has 0 saturated carbocycles. The van der Waals surface area contributed by atoms with Gasteiger partial charge in [-0.15, -0.1) is 0 Å². The van der Waals surface area contributed by atoms with Crippen molar-refractivity contribution in [2.24, 2.45) is 0 Å². The number of anilines is 1. The first-order chi connectivity index (χ1) is 12.6. The summed E-state index contributed by atoms with van der Waals surface area (Å²) in [5.41, 5.74) is 0.666. The first-order valence-corrected chi connectivity index (χ1v) is 8.96. The highest BCUT2D eigenvalue weighted by Crippen LogP contribution is 2.32. The number of benzene rings is 2. The third-order valence-corrected chi connectivity index (χ3v) is 5.08. The van der Waals surface area contributed by atoms with Crippen LogP contribution in [0.3, 0.4) is 0 Å². The molecule has 0 aliphatic heterocycles. The van der Waals surface area contributed by atoms with Crippen molar-refractivity contribution in [1.29, 1.82) is 0 Å². The van der Waals surface area contributed by atoms with Gasteiger partial charge in [-0.2, -0.15) is 0 Å². The SMILES string of the molecule is O=C(c1cccc(Cl)c1)N(Cc1ccco1)c1nc2c(F)cccc2s1. The van der Waals surface area contributed by atoms with Gasteiger partial charge in [0.15, 0.2) is 5.13 Å². The van der Waals surface area contributed by atoms with Crippen LogP contribution in [-0.4, -0.2) is 10.9 Å². The van der Waals surface area contributed by atoms with Crippen LogP contribution in [0.15, 0.2) is 65.3 Å². The summed E-state index contributed by atoms with van der Waals surface area (Å²) in [6.07, 6.45) is 1.54. The van der Waals surface area contributed by atoms with E-state index in [1.54, 1.807) is 48.5 Å². The van der Waals surface area contributed by atoms with Gasteiger partial charge in [0.1, 0.15) is 17.1 Å². The highest BCUT2D eigenvalue weighted by atomic mass is 35.5. The summed E-state index contributed by atoms with van der Waals surface area (Å²) in [5.74, 6) is -0.110. The Bertz CT molecular complexity index is 1080. The maximum absolute atomic E-state index is 14.0. The quantitative estimate of drug-likeness (QED) is 0.463. The molecule has 2 heterocycles. The number of carbonyl (C=O) groups excluding carboxylic acids is 1. The van der Waals surface area contributed by atoms with Gasteiger partial charge in [-0.1, -0.05) is 35.1 Å². The van der Waals surface area contributed by atoms with Gasteiger partial charge in [-0.3, -0.25) is 9.69 Å². The van der Waals surface area contributed by atoms with Gasteiger partial charge in [0.2, 0.25) is 0 Å². The van der Waals surface area contributed by atoms with Gasteiger partial charge in [0, 0.05) is 10.6 Å². The molecule has 0 unspecified atom stereocenters. The molecule has 0 radical (unpaired) electrons. The highest BCUT2D eigenvalue weighted by Gasteiger charge is 2.23. The fourth-order valence-electron chi connectivity index (χ4n) is 2.58. The van der Waals surface area contributed by atoms with E-state index < -0.39 is 5.82 Å². The molecule has 4 aromatic rings. The fraction of sp³-hybridized carbons (Fsp3) is 0.0526. The molecule has 1 amide bonds. The molecule has 4 rings (SSSR count). The Morgan fingerprint density at radius 2 is 2.04 bits per heavy atom. The number of halogens is 2. The summed E-state index contributed by atoms with van der Waals surface area (Å²) in [6.45, 7) is 0.180. The molecule has 0 fully saturated rings. The zero-order valence-electron chi connectivity index (χ0n) is 13.4. The van der Waals surface area contributed by atoms with E-state index in [9.17, 15) is 9.18 Å². The lowest BCUT2D eigenvalue weighted by Crippen LogP contribution is -2.30. The van der Waals surface area contributed by atoms with Gasteiger partial charge in [0.25, 0.3) is 5.91 Å². The minimum absolute atomic E-state index is 0.180. The monoisotopic (exact) mass is 386 g/mol. The van der Waals surface area contributed by atoms with Crippen LogP contribution in [-0.2, 0) is 6.54 Å². The summed E-state index contributed by atoms with van der Waals surface area (Å²) >= 11 is 7.26. The molecule has 2 aromatic heterocycles. The van der Waals surface area contributed by atoms with Crippen LogP contribution < -0.4 is 4.90 Å². The number of aromatic nitrogens is 1. The molecule has 2 aromatic carbocycles. The molecule has 7 heteroatoms. The smallest absolute Gasteiger partial charge is 0.260 e. The Balaban J connectivity index is 1.79. The maximum atomic E-state index is 14.0. The fourth-order valence-corrected chi connectivity index (χ4v) is 3.75. The van der Waals surface area contributed by atoms with E-state index in [1.807, 2.05) is 0 Å². The maximum Gasteiger partial charge on any atom is 0.260 e. The number of para-hydroxylation sites is 1. The Morgan fingerprint density at radius 1 is 1.19 bits per heavy atom. The minimum Gasteiger partial charge on any atom is -0.467 e. The number of hydrogen-bond acceptors (Lipinski definition) is 4. The Labute approximate surface area is 157 Å². The van der Waals surface area contributed by atoms with Crippen molar-refractivity contribution >= 4 is 44.2 Å². The van der Waals surface area contributed by atoms with E-state index in [1.165, 1.54) is 28.6 Å². The van der Waals surface area contributed by atoms with E-state index >= 15 is 0 Å². The standard InChI is InChI=1S/C19H12ClFN2O2S/c20-13-5-1-4-12(10-13)18(24)23(11-14-6-3-9-25-14)19-22-17-15(21)7-2-8-16(17)26-19/h1-10H,11H2. The molecule has 26 heavy (non-hydrogen) atoms. The molecule has 4 nitrogen and oxygen atoms in total. The van der Waals surface area contributed by atoms with Gasteiger partial charge >= 0.3 is 0 Å². The van der Waals surface area contributed by atoms with Crippen molar-refractivity contribution in [2.45, 2.75) is 6.54 Å². The normalized spacial score (nSPS) is 11.0. The molecule has 0 aliphatic carbocycles. The van der Waals surface area contributed by atoms with Gasteiger partial charge < -0.3 is 4.42 Å². The minimum atomic E-state index is -0.418. The van der Waals surface area contributed by atoms with Gasteiger partial charge in [-0.25, -0.2) is 9.37 Å². The molecule has 130 valence electrons. The second-order valence-electron chi connectivity index (χ2n) is 5.56. The Morgan fingerprint density at radius 3 is 2.77 bits per heavy atom. The molecule has 0 bridgehead atoms. The lowest BCUT2D eigenvalue weighted by atomic mass is 10.2. The number of furan rings is 1. The van der Waals surface area contributed by atoms with Crippen molar-refractivity contribution < 1.29 is 13.6 Å². The van der Waals surface area contributed by atoms with E-state index in [-0.39, 0.29) is 18.0 Å². The lowest BCUT2D eigenvalue weighted by Gasteiger charge is -2.18. The third kappa shape index (κ3) is 3.21. The highest BCUT2D eigenvalue weighted by molar-refractivity contribution is 7.22. The molecule has 0 spiro atoms. The van der Waals surface area contributed by atoms with E-state index in [0.29, 0.717) is 26.2 Å². The molecule has 0 N–H and O–H groups in total. The number of fused-ring (bicyclic) bond motifs is 1. The summed E-state index contributed by atoms with van der Waals surface area (Å²) in [5, 5.41) is 0.857. The van der Waals surface area contributed by atoms with Crippen LogP contribution in [0.4, 0.5) is 9.52 Å². The van der Waals surface area contributed by atoms with E-state index in [0.717, 1.165) is 0 Å². The molecule has 0 aliphatic rings. The average Bonchev–Trinajstić information content (AvgIpc) is 3.29. The Hall–Kier alpha value is -2.70. The van der Waals surface area contributed by atoms with E-state index in [2.05, 4.69) is 4.98 Å². The van der Waals surface area contributed by atoms with E-state index in [4.69, 9.17) is 16.0 Å². The predicted molar refractivity (Wildman–Crippen MR) is 100 cm³/mol. The lowest BCUT2D eigenvalue weighted by molar-refractivity contribution is 0.0983. The number of hydrogen-bond donors (Lipinski definition) is 0. The first-order valence-electron chi connectivity index (χ1n) is 7.77. The summed E-state index contributed by atoms with van der Waals surface area (Å²) in [7, 11) is 0. The van der Waals surface area contributed by atoms with Crippen molar-refractivity contribution in [2.75, 3.05) is 4.90 Å². The number of rotatable bonds is 4. The van der Waals surface area contributed by atoms with Crippen LogP contribution >= 0.6 is 22.9 Å². The van der Waals surface area contributed by atoms with Gasteiger partial charge in [-0.05, 0) is 42.5 Å². The number of amides is 1. The Kier molecular flexibility index (Phi) is 4.44. The van der Waals surface area contributed by atoms with Crippen LogP contribution in [0.1, 0.15) is 16.1 Å². The van der Waals surface area contributed by atoms with Crippen molar-refractivity contribution in [3.8, 4) is 0 Å². The van der Waals surface area contributed by atoms with Crippen LogP contribution in [0.5, 0.6) is 0 Å². The molecular weight excluding hydrogens is 375 g/mol. The number of nitrogens with zero attached hydrogens (tertiary/aromatic N) is 2. The zero-order valence-corrected chi connectivity index (χ0v) is 14.9. The number of thiazole rings is 1. The van der Waals surface area contributed by atoms with Crippen molar-refractivity contribution in [1.82, 2.24) is 4.98 Å². The second kappa shape index (κ2) is 6.90. The largest absolute Gasteiger partial charge is 0.467 e. The number of carbonyl (C=O) groups is 1. The van der Waals surface area contributed by atoms with Crippen molar-refractivity contribution in [3.05, 3.63) is 83.0 Å². The summed E-state index contributed by atoms with van der Waals surface area (Å²) < 4.78 is 20.1.